The molecule has 4 bridgehead atoms. The Bertz CT molecular complexity index is 618. The zero-order valence-electron chi connectivity index (χ0n) is 17.6. The van der Waals surface area contributed by atoms with Crippen LogP contribution in [0.15, 0.2) is 0 Å². The second kappa shape index (κ2) is 5.39. The minimum Gasteiger partial charge on any atom is -0.459 e. The van der Waals surface area contributed by atoms with Gasteiger partial charge in [0.25, 0.3) is 0 Å². The Balaban J connectivity index is 1.28. The van der Waals surface area contributed by atoms with Crippen molar-refractivity contribution in [2.75, 3.05) is 0 Å². The van der Waals surface area contributed by atoms with Gasteiger partial charge in [-0.05, 0) is 86.4 Å². The Kier molecular flexibility index (Phi) is 3.68. The van der Waals surface area contributed by atoms with E-state index in [4.69, 9.17) is 4.74 Å². The Labute approximate surface area is 160 Å². The molecule has 0 amide bonds. The third-order valence-electron chi connectivity index (χ3n) is 10.1. The summed E-state index contributed by atoms with van der Waals surface area (Å²) in [5.74, 6) is 7.89. The highest BCUT2D eigenvalue weighted by Crippen LogP contribution is 2.71. The number of ether oxygens (including phenoxy) is 1. The van der Waals surface area contributed by atoms with Gasteiger partial charge in [-0.25, -0.2) is 0 Å². The van der Waals surface area contributed by atoms with Crippen molar-refractivity contribution < 1.29 is 9.53 Å². The van der Waals surface area contributed by atoms with Gasteiger partial charge in [-0.15, -0.1) is 0 Å². The van der Waals surface area contributed by atoms with Crippen LogP contribution in [-0.4, -0.2) is 19.6 Å². The number of rotatable bonds is 3. The van der Waals surface area contributed by atoms with E-state index in [1.54, 1.807) is 0 Å². The molecular formula is C23H38O2Si. The molecular weight excluding hydrogens is 336 g/mol. The summed E-state index contributed by atoms with van der Waals surface area (Å²) in [6.45, 7) is 14.3. The molecule has 1 saturated heterocycles. The highest BCUT2D eigenvalue weighted by atomic mass is 28.3. The zero-order chi connectivity index (χ0) is 18.6. The molecule has 1 heterocycles. The van der Waals surface area contributed by atoms with Crippen LogP contribution in [-0.2, 0) is 9.53 Å². The molecule has 5 aliphatic rings. The zero-order valence-corrected chi connectivity index (χ0v) is 18.6. The molecule has 9 atom stereocenters. The Morgan fingerprint density at radius 1 is 0.923 bits per heavy atom. The highest BCUT2D eigenvalue weighted by Gasteiger charge is 2.67. The fourth-order valence-corrected chi connectivity index (χ4v) is 12.2. The first-order chi connectivity index (χ1) is 12.1. The molecule has 2 nitrogen and oxygen atoms in total. The van der Waals surface area contributed by atoms with Gasteiger partial charge in [0.1, 0.15) is 5.60 Å². The molecule has 1 aliphatic heterocycles. The molecule has 0 aromatic heterocycles. The van der Waals surface area contributed by atoms with Crippen LogP contribution in [0.4, 0.5) is 0 Å². The maximum Gasteiger partial charge on any atom is 0.309 e. The molecule has 4 aliphatic carbocycles. The molecule has 26 heavy (non-hydrogen) atoms. The average molecular weight is 375 g/mol. The molecule has 0 radical (unpaired) electrons. The standard InChI is InChI=1S/C23H38O2Si/c1-12-13(2)17-9-16(12)20-14-7-18(21(17)20)19(8-14)22(24)25-23(3,4)15-10-26(5,6)11-15/h12-21H,7-11H2,1-6H3. The first-order valence-electron chi connectivity index (χ1n) is 11.3. The first kappa shape index (κ1) is 17.8. The van der Waals surface area contributed by atoms with E-state index in [1.807, 2.05) is 0 Å². The van der Waals surface area contributed by atoms with Crippen LogP contribution in [0.25, 0.3) is 0 Å². The van der Waals surface area contributed by atoms with Crippen LogP contribution in [0.1, 0.15) is 47.0 Å². The minimum atomic E-state index is -0.952. The van der Waals surface area contributed by atoms with E-state index in [-0.39, 0.29) is 17.5 Å². The summed E-state index contributed by atoms with van der Waals surface area (Å²) in [5, 5.41) is 0. The number of carbonyl (C=O) groups excluding carboxylic acids is 1. The quantitative estimate of drug-likeness (QED) is 0.373. The lowest BCUT2D eigenvalue weighted by Gasteiger charge is -2.49. The Morgan fingerprint density at radius 2 is 1.54 bits per heavy atom. The number of carbonyl (C=O) groups is 1. The van der Waals surface area contributed by atoms with E-state index in [0.29, 0.717) is 11.8 Å². The third-order valence-corrected chi connectivity index (χ3v) is 13.3. The number of hydrogen-bond acceptors (Lipinski definition) is 2. The normalized spacial score (nSPS) is 51.4. The van der Waals surface area contributed by atoms with E-state index in [0.717, 1.165) is 47.8 Å². The van der Waals surface area contributed by atoms with E-state index in [9.17, 15) is 4.79 Å². The van der Waals surface area contributed by atoms with E-state index in [1.165, 1.54) is 24.9 Å². The maximum absolute atomic E-state index is 13.2. The van der Waals surface area contributed by atoms with Crippen LogP contribution >= 0.6 is 0 Å². The maximum atomic E-state index is 13.2. The van der Waals surface area contributed by atoms with Crippen LogP contribution in [0, 0.1) is 59.2 Å². The molecule has 5 rings (SSSR count). The summed E-state index contributed by atoms with van der Waals surface area (Å²) in [6.07, 6.45) is 3.92. The van der Waals surface area contributed by atoms with E-state index >= 15 is 0 Å². The Morgan fingerprint density at radius 3 is 2.15 bits per heavy atom. The first-order valence-corrected chi connectivity index (χ1v) is 14.7. The SMILES string of the molecule is CC1C(C)C2CC1C1C3CC(C(=O)OC(C)(C)C4C[Si](C)(C)C4)C(C3)C21. The summed E-state index contributed by atoms with van der Waals surface area (Å²) < 4.78 is 6.23. The molecule has 4 saturated carbocycles. The number of esters is 1. The van der Waals surface area contributed by atoms with Gasteiger partial charge in [0.15, 0.2) is 0 Å². The van der Waals surface area contributed by atoms with Crippen molar-refractivity contribution in [3.05, 3.63) is 0 Å². The van der Waals surface area contributed by atoms with Gasteiger partial charge < -0.3 is 4.74 Å². The summed E-state index contributed by atoms with van der Waals surface area (Å²) in [5.41, 5.74) is -0.253. The third kappa shape index (κ3) is 2.31. The lowest BCUT2D eigenvalue weighted by molar-refractivity contribution is -0.170. The van der Waals surface area contributed by atoms with Crippen molar-refractivity contribution in [2.24, 2.45) is 59.2 Å². The van der Waals surface area contributed by atoms with Gasteiger partial charge >= 0.3 is 5.97 Å². The van der Waals surface area contributed by atoms with Crippen molar-refractivity contribution in [3.63, 3.8) is 0 Å². The average Bonchev–Trinajstić information content (AvgIpc) is 3.24. The van der Waals surface area contributed by atoms with Crippen molar-refractivity contribution in [2.45, 2.75) is 77.7 Å². The molecule has 146 valence electrons. The van der Waals surface area contributed by atoms with Crippen molar-refractivity contribution in [3.8, 4) is 0 Å². The molecule has 0 spiro atoms. The second-order valence-electron chi connectivity index (χ2n) is 12.2. The minimum absolute atomic E-state index is 0.163. The molecule has 5 fully saturated rings. The number of fused-ring (bicyclic) bond motifs is 9. The van der Waals surface area contributed by atoms with Crippen LogP contribution in [0.2, 0.25) is 25.2 Å². The molecule has 0 N–H and O–H groups in total. The van der Waals surface area contributed by atoms with E-state index < -0.39 is 8.07 Å². The smallest absolute Gasteiger partial charge is 0.309 e. The van der Waals surface area contributed by atoms with Crippen molar-refractivity contribution in [1.29, 1.82) is 0 Å². The predicted molar refractivity (Wildman–Crippen MR) is 107 cm³/mol. The molecule has 0 aromatic carbocycles. The summed E-state index contributed by atoms with van der Waals surface area (Å²) in [6, 6.07) is 2.65. The lowest BCUT2D eigenvalue weighted by atomic mass is 9.62. The summed E-state index contributed by atoms with van der Waals surface area (Å²) >= 11 is 0. The number of hydrogen-bond donors (Lipinski definition) is 0. The van der Waals surface area contributed by atoms with Crippen LogP contribution in [0.3, 0.4) is 0 Å². The summed E-state index contributed by atoms with van der Waals surface area (Å²) in [4.78, 5) is 13.2. The lowest BCUT2D eigenvalue weighted by Crippen LogP contribution is -2.53. The fourth-order valence-electron chi connectivity index (χ4n) is 8.68. The molecule has 3 heteroatoms. The molecule has 9 unspecified atom stereocenters. The monoisotopic (exact) mass is 374 g/mol. The van der Waals surface area contributed by atoms with Gasteiger partial charge in [-0.2, -0.15) is 0 Å². The summed E-state index contributed by atoms with van der Waals surface area (Å²) in [7, 11) is -0.952. The largest absolute Gasteiger partial charge is 0.459 e. The topological polar surface area (TPSA) is 26.3 Å². The second-order valence-corrected chi connectivity index (χ2v) is 17.4. The van der Waals surface area contributed by atoms with E-state index in [2.05, 4.69) is 40.8 Å². The van der Waals surface area contributed by atoms with Crippen LogP contribution in [0.5, 0.6) is 0 Å². The fraction of sp³-hybridized carbons (Fsp3) is 0.957. The van der Waals surface area contributed by atoms with Gasteiger partial charge in [-0.3, -0.25) is 4.79 Å². The van der Waals surface area contributed by atoms with Crippen molar-refractivity contribution in [1.82, 2.24) is 0 Å². The van der Waals surface area contributed by atoms with Crippen LogP contribution < -0.4 is 0 Å². The molecule has 0 aromatic rings. The van der Waals surface area contributed by atoms with Crippen molar-refractivity contribution >= 4 is 14.0 Å². The van der Waals surface area contributed by atoms with Gasteiger partial charge in [0, 0.05) is 8.07 Å². The predicted octanol–water partition coefficient (Wildman–Crippen LogP) is 5.46. The Hall–Kier alpha value is -0.313. The van der Waals surface area contributed by atoms with Gasteiger partial charge in [-0.1, -0.05) is 39.0 Å². The van der Waals surface area contributed by atoms with Gasteiger partial charge in [0.05, 0.1) is 5.92 Å². The highest BCUT2D eigenvalue weighted by molar-refractivity contribution is 6.80. The van der Waals surface area contributed by atoms with Gasteiger partial charge in [0.2, 0.25) is 0 Å².